The molecule has 3 nitrogen and oxygen atoms in total. The van der Waals surface area contributed by atoms with E-state index in [2.05, 4.69) is 85.2 Å². The molecule has 0 fully saturated rings. The van der Waals surface area contributed by atoms with Crippen molar-refractivity contribution in [2.24, 2.45) is 0 Å². The van der Waals surface area contributed by atoms with E-state index < -0.39 is 17.3 Å². The third-order valence-electron chi connectivity index (χ3n) is 7.57. The van der Waals surface area contributed by atoms with Gasteiger partial charge in [0.2, 0.25) is 0 Å². The molecule has 212 valence electrons. The number of hydrogen-bond acceptors (Lipinski definition) is 2. The zero-order valence-corrected chi connectivity index (χ0v) is 24.8. The van der Waals surface area contributed by atoms with Crippen LogP contribution in [0.15, 0.2) is 108 Å². The molecule has 4 aromatic carbocycles. The van der Waals surface area contributed by atoms with Crippen LogP contribution >= 0.6 is 15.9 Å². The van der Waals surface area contributed by atoms with Crippen LogP contribution in [0.25, 0.3) is 22.0 Å². The summed E-state index contributed by atoms with van der Waals surface area (Å²) in [5.74, 6) is 0.0530. The molecule has 1 aromatic heterocycles. The average Bonchev–Trinajstić information content (AvgIpc) is 3.29. The van der Waals surface area contributed by atoms with E-state index in [0.717, 1.165) is 16.1 Å². The van der Waals surface area contributed by atoms with Gasteiger partial charge in [0.1, 0.15) is 4.60 Å². The number of ether oxygens (including phenoxy) is 1. The van der Waals surface area contributed by atoms with Gasteiger partial charge in [0.25, 0.3) is 0 Å². The molecular formula is C34H32BrF3N2O. The predicted molar refractivity (Wildman–Crippen MR) is 162 cm³/mol. The highest BCUT2D eigenvalue weighted by molar-refractivity contribution is 9.10. The van der Waals surface area contributed by atoms with Crippen LogP contribution in [0.3, 0.4) is 0 Å². The quantitative estimate of drug-likeness (QED) is 0.164. The van der Waals surface area contributed by atoms with Crippen molar-refractivity contribution in [1.82, 2.24) is 9.78 Å². The number of benzene rings is 4. The standard InChI is InChI=1S/C34H32BrF3N2O/c1-23(20-21-41-33(2,3)31(24-12-6-4-7-13-24)25-14-8-5-9-15-25)40-32(35)28-19-18-26(22-30(28)39-40)27-16-10-11-17-29(27)34(36,37)38/h4-19,22-23,31H,20-21H2,1-3H3. The van der Waals surface area contributed by atoms with E-state index in [1.807, 2.05) is 22.9 Å². The second-order valence-electron chi connectivity index (χ2n) is 10.9. The third-order valence-corrected chi connectivity index (χ3v) is 8.36. The summed E-state index contributed by atoms with van der Waals surface area (Å²) >= 11 is 3.67. The molecule has 0 N–H and O–H groups in total. The number of hydrogen-bond donors (Lipinski definition) is 0. The maximum absolute atomic E-state index is 13.6. The zero-order valence-electron chi connectivity index (χ0n) is 23.2. The van der Waals surface area contributed by atoms with Crippen LogP contribution in [-0.2, 0) is 10.9 Å². The van der Waals surface area contributed by atoms with Crippen molar-refractivity contribution in [2.75, 3.05) is 6.61 Å². The van der Waals surface area contributed by atoms with Gasteiger partial charge in [-0.25, -0.2) is 0 Å². The molecule has 0 aliphatic carbocycles. The lowest BCUT2D eigenvalue weighted by Crippen LogP contribution is -2.34. The molecule has 1 unspecified atom stereocenters. The normalized spacial score (nSPS) is 13.2. The van der Waals surface area contributed by atoms with E-state index in [-0.39, 0.29) is 17.5 Å². The fourth-order valence-corrected chi connectivity index (χ4v) is 6.26. The van der Waals surface area contributed by atoms with Crippen molar-refractivity contribution in [3.05, 3.63) is 124 Å². The largest absolute Gasteiger partial charge is 0.417 e. The molecule has 0 aliphatic rings. The lowest BCUT2D eigenvalue weighted by atomic mass is 9.79. The maximum atomic E-state index is 13.6. The maximum Gasteiger partial charge on any atom is 0.417 e. The van der Waals surface area contributed by atoms with Crippen LogP contribution in [0.2, 0.25) is 0 Å². The minimum atomic E-state index is -4.44. The molecule has 5 aromatic rings. The summed E-state index contributed by atoms with van der Waals surface area (Å²) in [6, 6.07) is 31.7. The number of rotatable bonds is 9. The highest BCUT2D eigenvalue weighted by Crippen LogP contribution is 2.40. The second-order valence-corrected chi connectivity index (χ2v) is 11.6. The van der Waals surface area contributed by atoms with Crippen LogP contribution in [0.1, 0.15) is 55.8 Å². The Morgan fingerprint density at radius 3 is 2.02 bits per heavy atom. The van der Waals surface area contributed by atoms with Crippen LogP contribution in [0.5, 0.6) is 0 Å². The van der Waals surface area contributed by atoms with Gasteiger partial charge in [0.05, 0.1) is 22.7 Å². The highest BCUT2D eigenvalue weighted by Gasteiger charge is 2.34. The Labute approximate surface area is 247 Å². The van der Waals surface area contributed by atoms with Gasteiger partial charge < -0.3 is 4.74 Å². The molecule has 0 spiro atoms. The van der Waals surface area contributed by atoms with Crippen LogP contribution < -0.4 is 0 Å². The van der Waals surface area contributed by atoms with Gasteiger partial charge in [-0.2, -0.15) is 18.3 Å². The summed E-state index contributed by atoms with van der Waals surface area (Å²) in [5, 5.41) is 5.62. The van der Waals surface area contributed by atoms with E-state index in [0.29, 0.717) is 24.1 Å². The second kappa shape index (κ2) is 11.8. The molecule has 1 heterocycles. The Balaban J connectivity index is 1.34. The molecule has 0 saturated heterocycles. The van der Waals surface area contributed by atoms with Gasteiger partial charge >= 0.3 is 6.18 Å². The lowest BCUT2D eigenvalue weighted by Gasteiger charge is -2.36. The molecule has 5 rings (SSSR count). The summed E-state index contributed by atoms with van der Waals surface area (Å²) in [5.41, 5.74) is 2.51. The Hall–Kier alpha value is -3.42. The average molecular weight is 622 g/mol. The Bertz CT molecular complexity index is 1570. The minimum absolute atomic E-state index is 0.00890. The minimum Gasteiger partial charge on any atom is -0.375 e. The Morgan fingerprint density at radius 2 is 1.41 bits per heavy atom. The predicted octanol–water partition coefficient (Wildman–Crippen LogP) is 10.1. The zero-order chi connectivity index (χ0) is 29.2. The van der Waals surface area contributed by atoms with Crippen molar-refractivity contribution in [2.45, 2.75) is 50.9 Å². The van der Waals surface area contributed by atoms with Crippen LogP contribution in [0.4, 0.5) is 13.2 Å². The Morgan fingerprint density at radius 1 is 0.829 bits per heavy atom. The van der Waals surface area contributed by atoms with E-state index in [1.54, 1.807) is 18.2 Å². The number of halogens is 4. The molecule has 41 heavy (non-hydrogen) atoms. The first-order chi connectivity index (χ1) is 19.6. The Kier molecular flexibility index (Phi) is 8.39. The van der Waals surface area contributed by atoms with E-state index in [1.165, 1.54) is 23.3 Å². The smallest absolute Gasteiger partial charge is 0.375 e. The molecule has 0 aliphatic heterocycles. The topological polar surface area (TPSA) is 27.1 Å². The first-order valence-corrected chi connectivity index (χ1v) is 14.4. The van der Waals surface area contributed by atoms with E-state index in [4.69, 9.17) is 9.84 Å². The molecule has 0 radical (unpaired) electrons. The van der Waals surface area contributed by atoms with Crippen molar-refractivity contribution < 1.29 is 17.9 Å². The molecular weight excluding hydrogens is 589 g/mol. The van der Waals surface area contributed by atoms with Gasteiger partial charge in [-0.15, -0.1) is 0 Å². The summed E-state index contributed by atoms with van der Waals surface area (Å²) in [7, 11) is 0. The van der Waals surface area contributed by atoms with Gasteiger partial charge in [-0.1, -0.05) is 84.9 Å². The molecule has 7 heteroatoms. The third kappa shape index (κ3) is 6.26. The summed E-state index contributed by atoms with van der Waals surface area (Å²) in [4.78, 5) is 0. The number of aromatic nitrogens is 2. The molecule has 0 amide bonds. The summed E-state index contributed by atoms with van der Waals surface area (Å²) in [6.45, 7) is 6.83. The molecule has 0 bridgehead atoms. The molecule has 0 saturated carbocycles. The first-order valence-electron chi connectivity index (χ1n) is 13.6. The van der Waals surface area contributed by atoms with Gasteiger partial charge in [0, 0.05) is 17.9 Å². The van der Waals surface area contributed by atoms with E-state index >= 15 is 0 Å². The van der Waals surface area contributed by atoms with Crippen molar-refractivity contribution in [1.29, 1.82) is 0 Å². The van der Waals surface area contributed by atoms with Gasteiger partial charge in [0.15, 0.2) is 0 Å². The van der Waals surface area contributed by atoms with Crippen molar-refractivity contribution >= 4 is 26.8 Å². The van der Waals surface area contributed by atoms with Gasteiger partial charge in [-0.3, -0.25) is 4.68 Å². The highest BCUT2D eigenvalue weighted by atomic mass is 79.9. The van der Waals surface area contributed by atoms with Crippen molar-refractivity contribution in [3.63, 3.8) is 0 Å². The van der Waals surface area contributed by atoms with E-state index in [9.17, 15) is 13.2 Å². The number of nitrogens with zero attached hydrogens (tertiary/aromatic N) is 2. The number of alkyl halides is 3. The van der Waals surface area contributed by atoms with Gasteiger partial charge in [-0.05, 0) is 83.6 Å². The van der Waals surface area contributed by atoms with Crippen LogP contribution in [0, 0.1) is 0 Å². The summed E-state index contributed by atoms with van der Waals surface area (Å²) in [6.07, 6.45) is -3.73. The van der Waals surface area contributed by atoms with Crippen molar-refractivity contribution in [3.8, 4) is 11.1 Å². The summed E-state index contributed by atoms with van der Waals surface area (Å²) < 4.78 is 50.1. The monoisotopic (exact) mass is 620 g/mol. The first kappa shape index (κ1) is 29.1. The molecule has 1 atom stereocenters. The fraction of sp³-hybridized carbons (Fsp3) is 0.265. The lowest BCUT2D eigenvalue weighted by molar-refractivity contribution is -0.137. The fourth-order valence-electron chi connectivity index (χ4n) is 5.50. The number of fused-ring (bicyclic) bond motifs is 1. The van der Waals surface area contributed by atoms with Crippen LogP contribution in [-0.4, -0.2) is 22.0 Å². The SMILES string of the molecule is CC(CCOC(C)(C)C(c1ccccc1)c1ccccc1)n1nc2cc(-c3ccccc3C(F)(F)F)ccc2c1Br.